The van der Waals surface area contributed by atoms with Crippen molar-refractivity contribution in [3.05, 3.63) is 29.3 Å². The summed E-state index contributed by atoms with van der Waals surface area (Å²) in [5, 5.41) is 0. The van der Waals surface area contributed by atoms with Gasteiger partial charge >= 0.3 is 7.12 Å². The van der Waals surface area contributed by atoms with Crippen molar-refractivity contribution in [2.45, 2.75) is 19.5 Å². The van der Waals surface area contributed by atoms with Gasteiger partial charge in [0, 0.05) is 26.8 Å². The molecule has 0 saturated carbocycles. The zero-order valence-electron chi connectivity index (χ0n) is 10.4. The Morgan fingerprint density at radius 1 is 1.31 bits per heavy atom. The van der Waals surface area contributed by atoms with E-state index in [1.54, 1.807) is 14.2 Å². The first-order valence-electron chi connectivity index (χ1n) is 5.56. The molecule has 3 nitrogen and oxygen atoms in total. The highest BCUT2D eigenvalue weighted by Crippen LogP contribution is 2.30. The van der Waals surface area contributed by atoms with Gasteiger partial charge in [-0.2, -0.15) is 0 Å². The molecule has 16 heavy (non-hydrogen) atoms. The number of rotatable bonds is 3. The molecule has 0 bridgehead atoms. The third-order valence-corrected chi connectivity index (χ3v) is 3.40. The van der Waals surface area contributed by atoms with Gasteiger partial charge in [-0.15, -0.1) is 0 Å². The molecular weight excluding hydrogens is 201 g/mol. The van der Waals surface area contributed by atoms with Crippen LogP contribution in [0, 0.1) is 0 Å². The summed E-state index contributed by atoms with van der Waals surface area (Å²) in [6, 6.07) is 6.97. The fourth-order valence-electron chi connectivity index (χ4n) is 2.33. The van der Waals surface area contributed by atoms with E-state index >= 15 is 0 Å². The van der Waals surface area contributed by atoms with E-state index in [2.05, 4.69) is 37.1 Å². The maximum absolute atomic E-state index is 5.26. The molecule has 1 heterocycles. The fraction of sp³-hybridized carbons (Fsp3) is 0.500. The van der Waals surface area contributed by atoms with Gasteiger partial charge in [0.2, 0.25) is 0 Å². The summed E-state index contributed by atoms with van der Waals surface area (Å²) in [6.45, 7) is 3.24. The van der Waals surface area contributed by atoms with Crippen molar-refractivity contribution in [1.29, 1.82) is 0 Å². The average molecular weight is 219 g/mol. The lowest BCUT2D eigenvalue weighted by Gasteiger charge is -2.14. The first-order chi connectivity index (χ1) is 7.67. The second-order valence-electron chi connectivity index (χ2n) is 4.35. The van der Waals surface area contributed by atoms with Crippen molar-refractivity contribution in [3.63, 3.8) is 0 Å². The maximum atomic E-state index is 5.26. The van der Waals surface area contributed by atoms with Crippen LogP contribution in [0.5, 0.6) is 0 Å². The normalized spacial score (nSPS) is 19.9. The molecule has 0 saturated heterocycles. The maximum Gasteiger partial charge on any atom is 0.493 e. The van der Waals surface area contributed by atoms with Crippen LogP contribution in [0.25, 0.3) is 0 Å². The Bertz CT molecular complexity index is 379. The summed E-state index contributed by atoms with van der Waals surface area (Å²) >= 11 is 0. The van der Waals surface area contributed by atoms with Crippen LogP contribution in [0.15, 0.2) is 18.2 Å². The molecule has 1 aliphatic heterocycles. The highest BCUT2D eigenvalue weighted by atomic mass is 16.6. The SMILES string of the molecule is COB(OC)c1ccc2c(c1)CN(C)C2C. The van der Waals surface area contributed by atoms with Gasteiger partial charge in [0.25, 0.3) is 0 Å². The van der Waals surface area contributed by atoms with Gasteiger partial charge in [-0.3, -0.25) is 4.90 Å². The monoisotopic (exact) mass is 219 g/mol. The molecule has 0 aromatic heterocycles. The standard InChI is InChI=1S/C12H18BNO2/c1-9-12-6-5-11(13(15-3)16-4)7-10(12)8-14(9)2/h5-7,9H,8H2,1-4H3. The van der Waals surface area contributed by atoms with E-state index in [1.165, 1.54) is 11.1 Å². The van der Waals surface area contributed by atoms with Crippen LogP contribution < -0.4 is 5.46 Å². The number of hydrogen-bond acceptors (Lipinski definition) is 3. The Kier molecular flexibility index (Phi) is 3.33. The fourth-order valence-corrected chi connectivity index (χ4v) is 2.33. The topological polar surface area (TPSA) is 21.7 Å². The minimum absolute atomic E-state index is 0.258. The molecule has 1 unspecified atom stereocenters. The zero-order chi connectivity index (χ0) is 11.7. The summed E-state index contributed by atoms with van der Waals surface area (Å²) in [4.78, 5) is 2.34. The summed E-state index contributed by atoms with van der Waals surface area (Å²) < 4.78 is 10.5. The van der Waals surface area contributed by atoms with E-state index in [-0.39, 0.29) is 7.12 Å². The first kappa shape index (κ1) is 11.6. The first-order valence-corrected chi connectivity index (χ1v) is 5.56. The second-order valence-corrected chi connectivity index (χ2v) is 4.35. The van der Waals surface area contributed by atoms with Gasteiger partial charge < -0.3 is 9.31 Å². The molecule has 0 aliphatic carbocycles. The van der Waals surface area contributed by atoms with Crippen molar-refractivity contribution in [3.8, 4) is 0 Å². The van der Waals surface area contributed by atoms with Crippen LogP contribution in [0.2, 0.25) is 0 Å². The van der Waals surface area contributed by atoms with Crippen molar-refractivity contribution < 1.29 is 9.31 Å². The highest BCUT2D eigenvalue weighted by Gasteiger charge is 2.26. The number of fused-ring (bicyclic) bond motifs is 1. The van der Waals surface area contributed by atoms with Crippen LogP contribution in [-0.4, -0.2) is 33.3 Å². The molecule has 0 N–H and O–H groups in total. The molecule has 2 rings (SSSR count). The minimum atomic E-state index is -0.258. The Labute approximate surface area is 97.5 Å². The lowest BCUT2D eigenvalue weighted by molar-refractivity contribution is 0.286. The summed E-state index contributed by atoms with van der Waals surface area (Å²) in [7, 11) is 5.22. The third-order valence-electron chi connectivity index (χ3n) is 3.40. The Balaban J connectivity index is 2.31. The molecule has 1 atom stereocenters. The zero-order valence-corrected chi connectivity index (χ0v) is 10.4. The summed E-state index contributed by atoms with van der Waals surface area (Å²) in [6.07, 6.45) is 0. The third kappa shape index (κ3) is 1.88. The van der Waals surface area contributed by atoms with E-state index in [1.807, 2.05) is 0 Å². The molecule has 0 radical (unpaired) electrons. The Hall–Kier alpha value is -0.835. The lowest BCUT2D eigenvalue weighted by Crippen LogP contribution is -2.35. The molecule has 4 heteroatoms. The molecule has 0 spiro atoms. The van der Waals surface area contributed by atoms with Crippen molar-refractivity contribution in [2.24, 2.45) is 0 Å². The smallest absolute Gasteiger partial charge is 0.410 e. The van der Waals surface area contributed by atoms with Gasteiger partial charge in [-0.05, 0) is 30.6 Å². The van der Waals surface area contributed by atoms with Gasteiger partial charge in [-0.25, -0.2) is 0 Å². The van der Waals surface area contributed by atoms with E-state index < -0.39 is 0 Å². The molecule has 1 aliphatic rings. The van der Waals surface area contributed by atoms with E-state index in [4.69, 9.17) is 9.31 Å². The van der Waals surface area contributed by atoms with Gasteiger partial charge in [0.15, 0.2) is 0 Å². The highest BCUT2D eigenvalue weighted by molar-refractivity contribution is 6.61. The predicted molar refractivity (Wildman–Crippen MR) is 65.7 cm³/mol. The Morgan fingerprint density at radius 3 is 2.62 bits per heavy atom. The van der Waals surface area contributed by atoms with Crippen LogP contribution in [0.4, 0.5) is 0 Å². The summed E-state index contributed by atoms with van der Waals surface area (Å²) in [5.74, 6) is 0. The average Bonchev–Trinajstić information content (AvgIpc) is 2.56. The molecule has 1 aromatic carbocycles. The van der Waals surface area contributed by atoms with Gasteiger partial charge in [0.05, 0.1) is 0 Å². The summed E-state index contributed by atoms with van der Waals surface area (Å²) in [5.41, 5.74) is 3.88. The molecule has 86 valence electrons. The largest absolute Gasteiger partial charge is 0.493 e. The minimum Gasteiger partial charge on any atom is -0.410 e. The Morgan fingerprint density at radius 2 is 2.00 bits per heavy atom. The van der Waals surface area contributed by atoms with Crippen molar-refractivity contribution >= 4 is 12.6 Å². The second kappa shape index (κ2) is 4.57. The predicted octanol–water partition coefficient (Wildman–Crippen LogP) is 1.18. The number of benzene rings is 1. The van der Waals surface area contributed by atoms with Crippen LogP contribution >= 0.6 is 0 Å². The molecule has 0 amide bonds. The number of nitrogens with zero attached hydrogens (tertiary/aromatic N) is 1. The molecular formula is C12H18BNO2. The van der Waals surface area contributed by atoms with Crippen molar-refractivity contribution in [2.75, 3.05) is 21.3 Å². The van der Waals surface area contributed by atoms with E-state index in [9.17, 15) is 0 Å². The van der Waals surface area contributed by atoms with E-state index in [0.29, 0.717) is 6.04 Å². The van der Waals surface area contributed by atoms with Crippen LogP contribution in [-0.2, 0) is 15.9 Å². The van der Waals surface area contributed by atoms with Gasteiger partial charge in [0.1, 0.15) is 0 Å². The molecule has 1 aromatic rings. The lowest BCUT2D eigenvalue weighted by atomic mass is 9.77. The van der Waals surface area contributed by atoms with Crippen molar-refractivity contribution in [1.82, 2.24) is 4.90 Å². The van der Waals surface area contributed by atoms with E-state index in [0.717, 1.165) is 12.0 Å². The molecule has 0 fully saturated rings. The van der Waals surface area contributed by atoms with Crippen LogP contribution in [0.1, 0.15) is 24.1 Å². The number of hydrogen-bond donors (Lipinski definition) is 0. The van der Waals surface area contributed by atoms with Crippen LogP contribution in [0.3, 0.4) is 0 Å². The quantitative estimate of drug-likeness (QED) is 0.712. The van der Waals surface area contributed by atoms with Gasteiger partial charge in [-0.1, -0.05) is 18.2 Å².